The van der Waals surface area contributed by atoms with Gasteiger partial charge in [-0.2, -0.15) is 0 Å². The van der Waals surface area contributed by atoms with E-state index in [2.05, 4.69) is 0 Å². The molecule has 24 heavy (non-hydrogen) atoms. The van der Waals surface area contributed by atoms with Gasteiger partial charge in [0.1, 0.15) is 11.3 Å². The Bertz CT molecular complexity index is 979. The maximum Gasteiger partial charge on any atom is 0.343 e. The van der Waals surface area contributed by atoms with Gasteiger partial charge in [0.25, 0.3) is 0 Å². The molecule has 1 N–H and O–H groups in total. The minimum absolute atomic E-state index is 0.0211. The number of hydrogen-bond donors (Lipinski definition) is 1. The Morgan fingerprint density at radius 1 is 1.12 bits per heavy atom. The molecule has 0 aliphatic rings. The van der Waals surface area contributed by atoms with E-state index in [4.69, 9.17) is 4.42 Å². The Balaban J connectivity index is 1.85. The standard InChI is InChI=1S/C20H16O4/c1-13-6-8-14(9-7-13)10-11-15(21)12-17-19(22)16-4-2-3-5-18(16)24-20(17)23/h2-11,22H,12H2,1H3/b11-10+. The van der Waals surface area contributed by atoms with Gasteiger partial charge in [-0.3, -0.25) is 4.79 Å². The van der Waals surface area contributed by atoms with Gasteiger partial charge >= 0.3 is 5.63 Å². The summed E-state index contributed by atoms with van der Waals surface area (Å²) in [6.07, 6.45) is 2.88. The molecule has 3 aromatic rings. The SMILES string of the molecule is Cc1ccc(/C=C/C(=O)Cc2c(O)c3ccccc3oc2=O)cc1. The van der Waals surface area contributed by atoms with Crippen LogP contribution in [0.25, 0.3) is 17.0 Å². The Hall–Kier alpha value is -3.14. The maximum absolute atomic E-state index is 12.1. The first-order valence-electron chi connectivity index (χ1n) is 7.56. The molecule has 0 unspecified atom stereocenters. The molecule has 1 heterocycles. The van der Waals surface area contributed by atoms with Gasteiger partial charge in [0.05, 0.1) is 10.9 Å². The summed E-state index contributed by atoms with van der Waals surface area (Å²) in [4.78, 5) is 24.1. The maximum atomic E-state index is 12.1. The van der Waals surface area contributed by atoms with Gasteiger partial charge in [-0.05, 0) is 30.7 Å². The zero-order valence-corrected chi connectivity index (χ0v) is 13.2. The van der Waals surface area contributed by atoms with Gasteiger partial charge < -0.3 is 9.52 Å². The second-order valence-electron chi connectivity index (χ2n) is 5.60. The second-order valence-corrected chi connectivity index (χ2v) is 5.60. The molecule has 1 aromatic heterocycles. The minimum atomic E-state index is -0.691. The highest BCUT2D eigenvalue weighted by molar-refractivity contribution is 5.96. The van der Waals surface area contributed by atoms with E-state index in [1.807, 2.05) is 31.2 Å². The Labute approximate surface area is 138 Å². The van der Waals surface area contributed by atoms with E-state index in [0.717, 1.165) is 11.1 Å². The fraction of sp³-hybridized carbons (Fsp3) is 0.100. The Morgan fingerprint density at radius 3 is 2.58 bits per heavy atom. The smallest absolute Gasteiger partial charge is 0.343 e. The summed E-state index contributed by atoms with van der Waals surface area (Å²) >= 11 is 0. The molecule has 0 aliphatic heterocycles. The van der Waals surface area contributed by atoms with Crippen molar-refractivity contribution >= 4 is 22.8 Å². The average molecular weight is 320 g/mol. The first kappa shape index (κ1) is 15.7. The quantitative estimate of drug-likeness (QED) is 0.589. The molecule has 0 saturated carbocycles. The van der Waals surface area contributed by atoms with Crippen molar-refractivity contribution in [3.8, 4) is 5.75 Å². The fourth-order valence-electron chi connectivity index (χ4n) is 2.43. The summed E-state index contributed by atoms with van der Waals surface area (Å²) < 4.78 is 5.16. The number of benzene rings is 2. The summed E-state index contributed by atoms with van der Waals surface area (Å²) in [6.45, 7) is 1.99. The van der Waals surface area contributed by atoms with Gasteiger partial charge in [0.2, 0.25) is 0 Å². The van der Waals surface area contributed by atoms with Gasteiger partial charge in [-0.1, -0.05) is 48.0 Å². The minimum Gasteiger partial charge on any atom is -0.507 e. The van der Waals surface area contributed by atoms with Crippen LogP contribution in [-0.4, -0.2) is 10.9 Å². The number of rotatable bonds is 4. The number of aromatic hydroxyl groups is 1. The third-order valence-electron chi connectivity index (χ3n) is 3.77. The predicted octanol–water partition coefficient (Wildman–Crippen LogP) is 3.63. The van der Waals surface area contributed by atoms with E-state index in [1.54, 1.807) is 30.3 Å². The van der Waals surface area contributed by atoms with Crippen LogP contribution in [0.2, 0.25) is 0 Å². The largest absolute Gasteiger partial charge is 0.507 e. The third-order valence-corrected chi connectivity index (χ3v) is 3.77. The molecular weight excluding hydrogens is 304 g/mol. The van der Waals surface area contributed by atoms with Gasteiger partial charge in [-0.25, -0.2) is 4.79 Å². The van der Waals surface area contributed by atoms with Gasteiger partial charge in [-0.15, -0.1) is 0 Å². The fourth-order valence-corrected chi connectivity index (χ4v) is 2.43. The molecule has 0 saturated heterocycles. The third kappa shape index (κ3) is 3.27. The van der Waals surface area contributed by atoms with Crippen LogP contribution in [0, 0.1) is 6.92 Å². The van der Waals surface area contributed by atoms with Crippen molar-refractivity contribution in [2.24, 2.45) is 0 Å². The van der Waals surface area contributed by atoms with Crippen LogP contribution in [0.1, 0.15) is 16.7 Å². The predicted molar refractivity (Wildman–Crippen MR) is 93.1 cm³/mol. The molecule has 0 amide bonds. The van der Waals surface area contributed by atoms with E-state index < -0.39 is 5.63 Å². The molecule has 4 nitrogen and oxygen atoms in total. The topological polar surface area (TPSA) is 67.5 Å². The van der Waals surface area contributed by atoms with Crippen LogP contribution in [0.3, 0.4) is 0 Å². The van der Waals surface area contributed by atoms with Crippen LogP contribution >= 0.6 is 0 Å². The lowest BCUT2D eigenvalue weighted by Gasteiger charge is -2.04. The molecule has 4 heteroatoms. The molecule has 2 aromatic carbocycles. The lowest BCUT2D eigenvalue weighted by Crippen LogP contribution is -2.12. The Kier molecular flexibility index (Phi) is 4.29. The second kappa shape index (κ2) is 6.54. The molecule has 120 valence electrons. The summed E-state index contributed by atoms with van der Waals surface area (Å²) in [5.74, 6) is -0.479. The van der Waals surface area contributed by atoms with E-state index in [9.17, 15) is 14.7 Å². The van der Waals surface area contributed by atoms with Crippen molar-refractivity contribution in [3.63, 3.8) is 0 Å². The number of carbonyl (C=O) groups excluding carboxylic acids is 1. The lowest BCUT2D eigenvalue weighted by atomic mass is 10.1. The first-order chi connectivity index (χ1) is 11.5. The van der Waals surface area contributed by atoms with E-state index in [1.165, 1.54) is 6.08 Å². The molecule has 0 fully saturated rings. The van der Waals surface area contributed by atoms with Crippen molar-refractivity contribution in [2.45, 2.75) is 13.3 Å². The van der Waals surface area contributed by atoms with Gasteiger partial charge in [0, 0.05) is 6.42 Å². The molecule has 0 radical (unpaired) electrons. The van der Waals surface area contributed by atoms with Crippen LogP contribution in [0.4, 0.5) is 0 Å². The highest BCUT2D eigenvalue weighted by atomic mass is 16.4. The number of ketones is 1. The van der Waals surface area contributed by atoms with Crippen molar-refractivity contribution in [2.75, 3.05) is 0 Å². The summed E-state index contributed by atoms with van der Waals surface area (Å²) in [7, 11) is 0. The van der Waals surface area contributed by atoms with Crippen LogP contribution in [0.5, 0.6) is 5.75 Å². The average Bonchev–Trinajstić information content (AvgIpc) is 2.58. The number of hydrogen-bond acceptors (Lipinski definition) is 4. The zero-order valence-electron chi connectivity index (χ0n) is 13.2. The van der Waals surface area contributed by atoms with E-state index in [0.29, 0.717) is 11.0 Å². The highest BCUT2D eigenvalue weighted by Gasteiger charge is 2.15. The van der Waals surface area contributed by atoms with Crippen LogP contribution in [0.15, 0.2) is 63.8 Å². The number of carbonyl (C=O) groups is 1. The van der Waals surface area contributed by atoms with Crippen LogP contribution < -0.4 is 5.63 Å². The zero-order chi connectivity index (χ0) is 17.1. The van der Waals surface area contributed by atoms with E-state index >= 15 is 0 Å². The van der Waals surface area contributed by atoms with Crippen LogP contribution in [-0.2, 0) is 11.2 Å². The number of allylic oxidation sites excluding steroid dienone is 1. The molecule has 3 rings (SSSR count). The summed E-state index contributed by atoms with van der Waals surface area (Å²) in [5, 5.41) is 10.7. The number of para-hydroxylation sites is 1. The number of aryl methyl sites for hydroxylation is 1. The monoisotopic (exact) mass is 320 g/mol. The highest BCUT2D eigenvalue weighted by Crippen LogP contribution is 2.26. The first-order valence-corrected chi connectivity index (χ1v) is 7.56. The molecule has 0 bridgehead atoms. The van der Waals surface area contributed by atoms with Gasteiger partial charge in [0.15, 0.2) is 5.78 Å². The lowest BCUT2D eigenvalue weighted by molar-refractivity contribution is -0.114. The van der Waals surface area contributed by atoms with E-state index in [-0.39, 0.29) is 23.5 Å². The van der Waals surface area contributed by atoms with Crippen molar-refractivity contribution < 1.29 is 14.3 Å². The summed E-state index contributed by atoms with van der Waals surface area (Å²) in [5.41, 5.74) is 1.61. The molecular formula is C20H16O4. The molecule has 0 aliphatic carbocycles. The molecule has 0 spiro atoms. The van der Waals surface area contributed by atoms with Crippen molar-refractivity contribution in [3.05, 3.63) is 81.7 Å². The normalized spacial score (nSPS) is 11.2. The van der Waals surface area contributed by atoms with Crippen molar-refractivity contribution in [1.82, 2.24) is 0 Å². The van der Waals surface area contributed by atoms with Crippen molar-refractivity contribution in [1.29, 1.82) is 0 Å². The molecule has 0 atom stereocenters. The Morgan fingerprint density at radius 2 is 1.83 bits per heavy atom. The number of fused-ring (bicyclic) bond motifs is 1. The summed E-state index contributed by atoms with van der Waals surface area (Å²) in [6, 6.07) is 14.4.